The SMILES string of the molecule is CCOC(=O)C1CC(OS(=O)(=O)c2ccc(C)cc2)CN1S(=O)(=O)c1ccc(C)cc1. The molecular formula is C21H25NO7S2. The first-order valence-electron chi connectivity index (χ1n) is 9.79. The van der Waals surface area contributed by atoms with Gasteiger partial charge in [-0.2, -0.15) is 12.7 Å². The van der Waals surface area contributed by atoms with E-state index in [4.69, 9.17) is 8.92 Å². The fourth-order valence-electron chi connectivity index (χ4n) is 3.34. The highest BCUT2D eigenvalue weighted by molar-refractivity contribution is 7.89. The van der Waals surface area contributed by atoms with Crippen LogP contribution in [0.1, 0.15) is 24.5 Å². The summed E-state index contributed by atoms with van der Waals surface area (Å²) < 4.78 is 63.0. The maximum atomic E-state index is 13.2. The first kappa shape index (κ1) is 23.4. The molecule has 31 heavy (non-hydrogen) atoms. The van der Waals surface area contributed by atoms with Crippen molar-refractivity contribution in [1.82, 2.24) is 4.31 Å². The molecule has 0 spiro atoms. The van der Waals surface area contributed by atoms with Gasteiger partial charge < -0.3 is 4.74 Å². The van der Waals surface area contributed by atoms with E-state index in [-0.39, 0.29) is 29.4 Å². The minimum absolute atomic E-state index is 0.00874. The van der Waals surface area contributed by atoms with E-state index in [9.17, 15) is 21.6 Å². The minimum Gasteiger partial charge on any atom is -0.465 e. The first-order valence-corrected chi connectivity index (χ1v) is 12.6. The van der Waals surface area contributed by atoms with Crippen LogP contribution in [0.25, 0.3) is 0 Å². The number of esters is 1. The summed E-state index contributed by atoms with van der Waals surface area (Å²) in [6.07, 6.45) is -1.16. The first-order chi connectivity index (χ1) is 14.5. The summed E-state index contributed by atoms with van der Waals surface area (Å²) in [5.74, 6) is -0.739. The zero-order chi connectivity index (χ0) is 22.8. The summed E-state index contributed by atoms with van der Waals surface area (Å²) in [6, 6.07) is 11.1. The second-order valence-electron chi connectivity index (χ2n) is 7.38. The molecule has 1 saturated heterocycles. The molecular weight excluding hydrogens is 442 g/mol. The molecule has 8 nitrogen and oxygen atoms in total. The Hall–Kier alpha value is -2.27. The largest absolute Gasteiger partial charge is 0.465 e. The number of benzene rings is 2. The summed E-state index contributed by atoms with van der Waals surface area (Å²) in [5, 5.41) is 0. The Morgan fingerprint density at radius 2 is 1.45 bits per heavy atom. The fourth-order valence-corrected chi connectivity index (χ4v) is 6.04. The molecule has 1 aliphatic rings. The number of rotatable bonds is 7. The van der Waals surface area contributed by atoms with Gasteiger partial charge in [-0.25, -0.2) is 8.42 Å². The van der Waals surface area contributed by atoms with Crippen molar-refractivity contribution in [2.45, 2.75) is 49.1 Å². The molecule has 1 fully saturated rings. The third-order valence-electron chi connectivity index (χ3n) is 4.98. The molecule has 10 heteroatoms. The average Bonchev–Trinajstić information content (AvgIpc) is 3.13. The summed E-state index contributed by atoms with van der Waals surface area (Å²) in [5.41, 5.74) is 1.77. The molecule has 2 atom stereocenters. The molecule has 2 aromatic carbocycles. The second kappa shape index (κ2) is 9.07. The molecule has 1 heterocycles. The number of hydrogen-bond donors (Lipinski definition) is 0. The summed E-state index contributed by atoms with van der Waals surface area (Å²) in [4.78, 5) is 12.4. The maximum absolute atomic E-state index is 13.2. The molecule has 0 aromatic heterocycles. The molecule has 2 aromatic rings. The Kier molecular flexibility index (Phi) is 6.85. The van der Waals surface area contributed by atoms with Crippen molar-refractivity contribution in [3.05, 3.63) is 59.7 Å². The summed E-state index contributed by atoms with van der Waals surface area (Å²) in [7, 11) is -8.20. The molecule has 3 rings (SSSR count). The Morgan fingerprint density at radius 1 is 0.935 bits per heavy atom. The zero-order valence-corrected chi connectivity index (χ0v) is 19.1. The van der Waals surface area contributed by atoms with Gasteiger partial charge in [0.15, 0.2) is 0 Å². The number of nitrogens with zero attached hydrogens (tertiary/aromatic N) is 1. The maximum Gasteiger partial charge on any atom is 0.324 e. The minimum atomic E-state index is -4.13. The van der Waals surface area contributed by atoms with Gasteiger partial charge in [0, 0.05) is 13.0 Å². The van der Waals surface area contributed by atoms with Crippen molar-refractivity contribution in [3.63, 3.8) is 0 Å². The van der Waals surface area contributed by atoms with Crippen LogP contribution in [-0.2, 0) is 33.9 Å². The third-order valence-corrected chi connectivity index (χ3v) is 8.24. The van der Waals surface area contributed by atoms with Crippen LogP contribution in [0.2, 0.25) is 0 Å². The highest BCUT2D eigenvalue weighted by atomic mass is 32.2. The molecule has 1 aliphatic heterocycles. The lowest BCUT2D eigenvalue weighted by atomic mass is 10.2. The van der Waals surface area contributed by atoms with Gasteiger partial charge in [0.1, 0.15) is 6.04 Å². The van der Waals surface area contributed by atoms with E-state index in [2.05, 4.69) is 0 Å². The van der Waals surface area contributed by atoms with Crippen LogP contribution in [0.15, 0.2) is 58.3 Å². The van der Waals surface area contributed by atoms with E-state index >= 15 is 0 Å². The van der Waals surface area contributed by atoms with Gasteiger partial charge >= 0.3 is 5.97 Å². The van der Waals surface area contributed by atoms with Crippen molar-refractivity contribution in [1.29, 1.82) is 0 Å². The van der Waals surface area contributed by atoms with E-state index in [1.807, 2.05) is 13.8 Å². The highest BCUT2D eigenvalue weighted by Gasteiger charge is 2.46. The fraction of sp³-hybridized carbons (Fsp3) is 0.381. The Bertz CT molecular complexity index is 1140. The Morgan fingerprint density at radius 3 is 1.97 bits per heavy atom. The van der Waals surface area contributed by atoms with Crippen molar-refractivity contribution in [3.8, 4) is 0 Å². The van der Waals surface area contributed by atoms with Gasteiger partial charge in [-0.1, -0.05) is 35.4 Å². The van der Waals surface area contributed by atoms with Gasteiger partial charge in [0.2, 0.25) is 10.0 Å². The molecule has 2 unspecified atom stereocenters. The monoisotopic (exact) mass is 467 g/mol. The summed E-state index contributed by atoms with van der Waals surface area (Å²) >= 11 is 0. The number of ether oxygens (including phenoxy) is 1. The van der Waals surface area contributed by atoms with Crippen LogP contribution in [0, 0.1) is 13.8 Å². The average molecular weight is 468 g/mol. The number of sulfonamides is 1. The van der Waals surface area contributed by atoms with Crippen molar-refractivity contribution >= 4 is 26.1 Å². The predicted molar refractivity (Wildman–Crippen MR) is 113 cm³/mol. The zero-order valence-electron chi connectivity index (χ0n) is 17.5. The molecule has 0 aliphatic carbocycles. The lowest BCUT2D eigenvalue weighted by molar-refractivity contribution is -0.147. The number of carbonyl (C=O) groups excluding carboxylic acids is 1. The number of carbonyl (C=O) groups is 1. The molecule has 0 bridgehead atoms. The third kappa shape index (κ3) is 5.15. The van der Waals surface area contributed by atoms with Crippen molar-refractivity contribution < 1.29 is 30.6 Å². The van der Waals surface area contributed by atoms with Gasteiger partial charge in [-0.05, 0) is 45.0 Å². The van der Waals surface area contributed by atoms with Crippen molar-refractivity contribution in [2.24, 2.45) is 0 Å². The Balaban J connectivity index is 1.89. The van der Waals surface area contributed by atoms with E-state index in [1.54, 1.807) is 31.2 Å². The molecule has 0 saturated carbocycles. The van der Waals surface area contributed by atoms with Crippen LogP contribution in [0.4, 0.5) is 0 Å². The topological polar surface area (TPSA) is 107 Å². The van der Waals surface area contributed by atoms with Crippen molar-refractivity contribution in [2.75, 3.05) is 13.2 Å². The van der Waals surface area contributed by atoms with E-state index in [0.717, 1.165) is 15.4 Å². The van der Waals surface area contributed by atoms with Crippen LogP contribution in [-0.4, -0.2) is 52.4 Å². The highest BCUT2D eigenvalue weighted by Crippen LogP contribution is 2.30. The second-order valence-corrected chi connectivity index (χ2v) is 10.8. The van der Waals surface area contributed by atoms with Crippen LogP contribution < -0.4 is 0 Å². The van der Waals surface area contributed by atoms with Crippen LogP contribution in [0.5, 0.6) is 0 Å². The Labute approximate surface area is 183 Å². The van der Waals surface area contributed by atoms with Gasteiger partial charge in [-0.3, -0.25) is 8.98 Å². The van der Waals surface area contributed by atoms with Gasteiger partial charge in [-0.15, -0.1) is 0 Å². The molecule has 0 N–H and O–H groups in total. The van der Waals surface area contributed by atoms with E-state index in [1.165, 1.54) is 24.3 Å². The van der Waals surface area contributed by atoms with E-state index in [0.29, 0.717) is 0 Å². The number of aryl methyl sites for hydroxylation is 2. The van der Waals surface area contributed by atoms with E-state index < -0.39 is 38.3 Å². The molecule has 0 radical (unpaired) electrons. The molecule has 168 valence electrons. The predicted octanol–water partition coefficient (Wildman–Crippen LogP) is 2.40. The normalized spacial score (nSPS) is 20.0. The van der Waals surface area contributed by atoms with Gasteiger partial charge in [0.25, 0.3) is 10.1 Å². The smallest absolute Gasteiger partial charge is 0.324 e. The van der Waals surface area contributed by atoms with Gasteiger partial charge in [0.05, 0.1) is 22.5 Å². The number of hydrogen-bond acceptors (Lipinski definition) is 7. The van der Waals surface area contributed by atoms with Crippen LogP contribution >= 0.6 is 0 Å². The lowest BCUT2D eigenvalue weighted by Crippen LogP contribution is -2.41. The molecule has 0 amide bonds. The lowest BCUT2D eigenvalue weighted by Gasteiger charge is -2.22. The van der Waals surface area contributed by atoms with Crippen LogP contribution in [0.3, 0.4) is 0 Å². The quantitative estimate of drug-likeness (QED) is 0.455. The summed E-state index contributed by atoms with van der Waals surface area (Å²) in [6.45, 7) is 5.05. The standard InChI is InChI=1S/C21H25NO7S2/c1-4-28-21(23)20-13-17(29-31(26,27)19-11-7-16(3)8-12-19)14-22(20)30(24,25)18-9-5-15(2)6-10-18/h5-12,17,20H,4,13-14H2,1-3H3.